The Hall–Kier alpha value is -1.13. The SMILES string of the molecule is CCCNCc1cnc(N2CCOCC2(C)C)c(C)c1. The summed E-state index contributed by atoms with van der Waals surface area (Å²) >= 11 is 0. The molecule has 1 aromatic rings. The molecule has 1 fully saturated rings. The number of ether oxygens (including phenoxy) is 1. The van der Waals surface area contributed by atoms with Crippen LogP contribution in [0.3, 0.4) is 0 Å². The smallest absolute Gasteiger partial charge is 0.132 e. The van der Waals surface area contributed by atoms with Gasteiger partial charge in [0.25, 0.3) is 0 Å². The first kappa shape index (κ1) is 15.3. The Morgan fingerprint density at radius 2 is 2.25 bits per heavy atom. The van der Waals surface area contributed by atoms with E-state index in [2.05, 4.69) is 44.0 Å². The molecule has 20 heavy (non-hydrogen) atoms. The topological polar surface area (TPSA) is 37.4 Å². The maximum absolute atomic E-state index is 5.59. The van der Waals surface area contributed by atoms with E-state index in [1.807, 2.05) is 6.20 Å². The van der Waals surface area contributed by atoms with Crippen LogP contribution >= 0.6 is 0 Å². The lowest BCUT2D eigenvalue weighted by molar-refractivity contribution is 0.0638. The first-order valence-corrected chi connectivity index (χ1v) is 7.56. The lowest BCUT2D eigenvalue weighted by atomic mass is 10.0. The molecule has 2 rings (SSSR count). The van der Waals surface area contributed by atoms with Crippen LogP contribution in [0.2, 0.25) is 0 Å². The zero-order valence-corrected chi connectivity index (χ0v) is 13.2. The molecule has 1 aliphatic heterocycles. The molecule has 0 atom stereocenters. The van der Waals surface area contributed by atoms with Crippen molar-refractivity contribution in [1.29, 1.82) is 0 Å². The fourth-order valence-electron chi connectivity index (χ4n) is 2.67. The highest BCUT2D eigenvalue weighted by Crippen LogP contribution is 2.28. The summed E-state index contributed by atoms with van der Waals surface area (Å²) in [6.07, 6.45) is 3.16. The molecule has 0 bridgehead atoms. The van der Waals surface area contributed by atoms with E-state index in [4.69, 9.17) is 9.72 Å². The summed E-state index contributed by atoms with van der Waals surface area (Å²) in [4.78, 5) is 7.08. The molecule has 0 aliphatic carbocycles. The summed E-state index contributed by atoms with van der Waals surface area (Å²) in [5.41, 5.74) is 2.51. The third kappa shape index (κ3) is 3.49. The number of morpholine rings is 1. The molecule has 0 amide bonds. The van der Waals surface area contributed by atoms with Crippen LogP contribution in [-0.2, 0) is 11.3 Å². The second kappa shape index (κ2) is 6.55. The van der Waals surface area contributed by atoms with Gasteiger partial charge in [-0.3, -0.25) is 0 Å². The molecular formula is C16H27N3O. The summed E-state index contributed by atoms with van der Waals surface area (Å²) in [6.45, 7) is 13.2. The van der Waals surface area contributed by atoms with Crippen molar-refractivity contribution in [2.45, 2.75) is 46.2 Å². The van der Waals surface area contributed by atoms with Crippen LogP contribution in [0.5, 0.6) is 0 Å². The van der Waals surface area contributed by atoms with Crippen LogP contribution in [0.4, 0.5) is 5.82 Å². The van der Waals surface area contributed by atoms with Gasteiger partial charge in [0, 0.05) is 19.3 Å². The summed E-state index contributed by atoms with van der Waals surface area (Å²) in [5, 5.41) is 3.42. The predicted molar refractivity (Wildman–Crippen MR) is 83.2 cm³/mol. The van der Waals surface area contributed by atoms with E-state index in [1.54, 1.807) is 0 Å². The van der Waals surface area contributed by atoms with E-state index >= 15 is 0 Å². The van der Waals surface area contributed by atoms with E-state index in [1.165, 1.54) is 11.1 Å². The minimum Gasteiger partial charge on any atom is -0.377 e. The first-order chi connectivity index (χ1) is 9.54. The van der Waals surface area contributed by atoms with Gasteiger partial charge in [-0.1, -0.05) is 6.92 Å². The van der Waals surface area contributed by atoms with Crippen LogP contribution in [-0.4, -0.2) is 36.8 Å². The molecule has 0 unspecified atom stereocenters. The normalized spacial score (nSPS) is 18.3. The van der Waals surface area contributed by atoms with Crippen molar-refractivity contribution in [3.05, 3.63) is 23.4 Å². The molecule has 0 radical (unpaired) electrons. The molecule has 1 saturated heterocycles. The number of nitrogens with zero attached hydrogens (tertiary/aromatic N) is 2. The Bertz CT molecular complexity index is 445. The number of aromatic nitrogens is 1. The number of pyridine rings is 1. The van der Waals surface area contributed by atoms with Gasteiger partial charge in [-0.05, 0) is 50.9 Å². The molecular weight excluding hydrogens is 250 g/mol. The summed E-state index contributed by atoms with van der Waals surface area (Å²) in [6, 6.07) is 2.25. The zero-order chi connectivity index (χ0) is 14.6. The van der Waals surface area contributed by atoms with Crippen molar-refractivity contribution < 1.29 is 4.74 Å². The second-order valence-corrected chi connectivity index (χ2v) is 6.18. The molecule has 1 N–H and O–H groups in total. The van der Waals surface area contributed by atoms with Crippen LogP contribution in [0.25, 0.3) is 0 Å². The summed E-state index contributed by atoms with van der Waals surface area (Å²) in [5.74, 6) is 1.09. The average Bonchev–Trinajstić information content (AvgIpc) is 2.40. The van der Waals surface area contributed by atoms with Gasteiger partial charge in [-0.25, -0.2) is 4.98 Å². The fourth-order valence-corrected chi connectivity index (χ4v) is 2.67. The first-order valence-electron chi connectivity index (χ1n) is 7.56. The van der Waals surface area contributed by atoms with Gasteiger partial charge < -0.3 is 15.0 Å². The lowest BCUT2D eigenvalue weighted by Crippen LogP contribution is -2.53. The summed E-state index contributed by atoms with van der Waals surface area (Å²) in [7, 11) is 0. The maximum Gasteiger partial charge on any atom is 0.132 e. The predicted octanol–water partition coefficient (Wildman–Crippen LogP) is 2.50. The third-order valence-electron chi connectivity index (χ3n) is 3.76. The molecule has 112 valence electrons. The highest BCUT2D eigenvalue weighted by molar-refractivity contribution is 5.50. The average molecular weight is 277 g/mol. The van der Waals surface area contributed by atoms with Gasteiger partial charge in [0.05, 0.1) is 18.8 Å². The zero-order valence-electron chi connectivity index (χ0n) is 13.2. The maximum atomic E-state index is 5.59. The minimum absolute atomic E-state index is 0.0119. The standard InChI is InChI=1S/C16H27N3O/c1-5-6-17-10-14-9-13(2)15(18-11-14)19-7-8-20-12-16(19,3)4/h9,11,17H,5-8,10,12H2,1-4H3. The van der Waals surface area contributed by atoms with E-state index in [9.17, 15) is 0 Å². The lowest BCUT2D eigenvalue weighted by Gasteiger charge is -2.43. The Morgan fingerprint density at radius 1 is 1.45 bits per heavy atom. The molecule has 0 saturated carbocycles. The highest BCUT2D eigenvalue weighted by Gasteiger charge is 2.32. The van der Waals surface area contributed by atoms with Gasteiger partial charge in [-0.15, -0.1) is 0 Å². The van der Waals surface area contributed by atoms with Gasteiger partial charge in [-0.2, -0.15) is 0 Å². The number of rotatable bonds is 5. The van der Waals surface area contributed by atoms with Crippen molar-refractivity contribution in [2.24, 2.45) is 0 Å². The second-order valence-electron chi connectivity index (χ2n) is 6.18. The Labute approximate surface area is 122 Å². The number of hydrogen-bond donors (Lipinski definition) is 1. The number of aryl methyl sites for hydroxylation is 1. The molecule has 1 aromatic heterocycles. The molecule has 0 spiro atoms. The number of hydrogen-bond acceptors (Lipinski definition) is 4. The highest BCUT2D eigenvalue weighted by atomic mass is 16.5. The van der Waals surface area contributed by atoms with Crippen molar-refractivity contribution in [3.8, 4) is 0 Å². The Morgan fingerprint density at radius 3 is 2.90 bits per heavy atom. The molecule has 4 nitrogen and oxygen atoms in total. The van der Waals surface area contributed by atoms with Gasteiger partial charge in [0.1, 0.15) is 5.82 Å². The molecule has 4 heteroatoms. The van der Waals surface area contributed by atoms with Gasteiger partial charge >= 0.3 is 0 Å². The van der Waals surface area contributed by atoms with Crippen LogP contribution in [0.1, 0.15) is 38.3 Å². The molecule has 1 aliphatic rings. The number of nitrogens with one attached hydrogen (secondary N) is 1. The van der Waals surface area contributed by atoms with Crippen LogP contribution in [0.15, 0.2) is 12.3 Å². The quantitative estimate of drug-likeness (QED) is 0.839. The third-order valence-corrected chi connectivity index (χ3v) is 3.76. The fraction of sp³-hybridized carbons (Fsp3) is 0.688. The van der Waals surface area contributed by atoms with E-state index in [0.29, 0.717) is 0 Å². The summed E-state index contributed by atoms with van der Waals surface area (Å²) < 4.78 is 5.59. The van der Waals surface area contributed by atoms with Crippen molar-refractivity contribution in [1.82, 2.24) is 10.3 Å². The van der Waals surface area contributed by atoms with Crippen molar-refractivity contribution in [3.63, 3.8) is 0 Å². The van der Waals surface area contributed by atoms with E-state index in [0.717, 1.165) is 45.1 Å². The molecule has 2 heterocycles. The largest absolute Gasteiger partial charge is 0.377 e. The Kier molecular flexibility index (Phi) is 5.00. The van der Waals surface area contributed by atoms with E-state index in [-0.39, 0.29) is 5.54 Å². The van der Waals surface area contributed by atoms with Gasteiger partial charge in [0.2, 0.25) is 0 Å². The minimum atomic E-state index is 0.0119. The van der Waals surface area contributed by atoms with Crippen LogP contribution < -0.4 is 10.2 Å². The van der Waals surface area contributed by atoms with Crippen molar-refractivity contribution >= 4 is 5.82 Å². The van der Waals surface area contributed by atoms with E-state index < -0.39 is 0 Å². The molecule has 0 aromatic carbocycles. The van der Waals surface area contributed by atoms with Crippen molar-refractivity contribution in [2.75, 3.05) is 31.2 Å². The monoisotopic (exact) mass is 277 g/mol. The van der Waals surface area contributed by atoms with Gasteiger partial charge in [0.15, 0.2) is 0 Å². The Balaban J connectivity index is 2.12. The number of anilines is 1. The van der Waals surface area contributed by atoms with Crippen LogP contribution in [0, 0.1) is 6.92 Å².